The van der Waals surface area contributed by atoms with Gasteiger partial charge >= 0.3 is 6.03 Å². The van der Waals surface area contributed by atoms with Gasteiger partial charge in [0.05, 0.1) is 18.4 Å². The van der Waals surface area contributed by atoms with Crippen molar-refractivity contribution in [3.8, 4) is 0 Å². The van der Waals surface area contributed by atoms with Crippen LogP contribution in [0.3, 0.4) is 0 Å². The van der Waals surface area contributed by atoms with Crippen molar-refractivity contribution in [2.45, 2.75) is 0 Å². The highest BCUT2D eigenvalue weighted by Crippen LogP contribution is 2.04. The Morgan fingerprint density at radius 2 is 1.89 bits per heavy atom. The number of anilines is 2. The second kappa shape index (κ2) is 6.20. The zero-order valence-corrected chi connectivity index (χ0v) is 10.0. The van der Waals surface area contributed by atoms with E-state index in [0.717, 1.165) is 0 Å². The van der Waals surface area contributed by atoms with E-state index in [4.69, 9.17) is 0 Å². The third-order valence-corrected chi connectivity index (χ3v) is 2.22. The molecule has 0 saturated carbocycles. The number of H-pyrrole nitrogens is 1. The van der Waals surface area contributed by atoms with Crippen molar-refractivity contribution in [1.29, 1.82) is 0 Å². The van der Waals surface area contributed by atoms with Crippen molar-refractivity contribution in [3.05, 3.63) is 42.7 Å². The molecule has 0 aliphatic heterocycles. The topological polar surface area (TPSA) is 98.9 Å². The van der Waals surface area contributed by atoms with Gasteiger partial charge in [-0.25, -0.2) is 4.79 Å². The molecule has 98 valence electrons. The van der Waals surface area contributed by atoms with Gasteiger partial charge in [-0.2, -0.15) is 5.10 Å². The number of rotatable bonds is 4. The van der Waals surface area contributed by atoms with Crippen LogP contribution < -0.4 is 16.0 Å². The number of nitrogens with zero attached hydrogens (tertiary/aromatic N) is 1. The SMILES string of the molecule is O=C(CNC(=O)Nc1ccccc1)Nc1cn[nH]c1. The standard InChI is InChI=1S/C12H13N5O2/c18-11(16-10-6-14-15-7-10)8-13-12(19)17-9-4-2-1-3-5-9/h1-7H,8H2,(H,14,15)(H,16,18)(H2,13,17,19). The number of hydrogen-bond acceptors (Lipinski definition) is 3. The maximum Gasteiger partial charge on any atom is 0.319 e. The van der Waals surface area contributed by atoms with Crippen LogP contribution in [0.5, 0.6) is 0 Å². The molecule has 2 aromatic rings. The Bertz CT molecular complexity index is 539. The Hall–Kier alpha value is -2.83. The van der Waals surface area contributed by atoms with Gasteiger partial charge in [0.15, 0.2) is 0 Å². The number of aromatic amines is 1. The fraction of sp³-hybridized carbons (Fsp3) is 0.0833. The first kappa shape index (κ1) is 12.6. The van der Waals surface area contributed by atoms with Crippen LogP contribution in [0, 0.1) is 0 Å². The van der Waals surface area contributed by atoms with E-state index in [0.29, 0.717) is 11.4 Å². The number of amides is 3. The summed E-state index contributed by atoms with van der Waals surface area (Å²) in [6.07, 6.45) is 3.02. The molecule has 3 amide bonds. The second-order valence-corrected chi connectivity index (χ2v) is 3.71. The van der Waals surface area contributed by atoms with E-state index in [2.05, 4.69) is 26.1 Å². The van der Waals surface area contributed by atoms with Gasteiger partial charge in [-0.3, -0.25) is 9.89 Å². The Kier molecular flexibility index (Phi) is 4.12. The molecule has 4 N–H and O–H groups in total. The molecule has 1 heterocycles. The Morgan fingerprint density at radius 3 is 2.58 bits per heavy atom. The molecule has 0 spiro atoms. The molecule has 0 radical (unpaired) electrons. The van der Waals surface area contributed by atoms with Gasteiger partial charge in [0, 0.05) is 11.9 Å². The van der Waals surface area contributed by atoms with Crippen LogP contribution >= 0.6 is 0 Å². The molecule has 0 aliphatic rings. The van der Waals surface area contributed by atoms with Crippen LogP contribution in [0.15, 0.2) is 42.7 Å². The summed E-state index contributed by atoms with van der Waals surface area (Å²) in [5.41, 5.74) is 1.21. The van der Waals surface area contributed by atoms with E-state index in [9.17, 15) is 9.59 Å². The van der Waals surface area contributed by atoms with E-state index in [1.165, 1.54) is 6.20 Å². The average molecular weight is 259 g/mol. The van der Waals surface area contributed by atoms with Crippen LogP contribution in [-0.2, 0) is 4.79 Å². The van der Waals surface area contributed by atoms with Crippen LogP contribution in [0.25, 0.3) is 0 Å². The number of carbonyl (C=O) groups excluding carboxylic acids is 2. The third-order valence-electron chi connectivity index (χ3n) is 2.22. The Morgan fingerprint density at radius 1 is 1.11 bits per heavy atom. The summed E-state index contributed by atoms with van der Waals surface area (Å²) in [6, 6.07) is 8.54. The van der Waals surface area contributed by atoms with Crippen LogP contribution in [0.4, 0.5) is 16.2 Å². The predicted octanol–water partition coefficient (Wildman–Crippen LogP) is 1.17. The van der Waals surface area contributed by atoms with Crippen molar-refractivity contribution in [1.82, 2.24) is 15.5 Å². The van der Waals surface area contributed by atoms with Crippen LogP contribution in [0.2, 0.25) is 0 Å². The molecule has 0 saturated heterocycles. The van der Waals surface area contributed by atoms with Crippen molar-refractivity contribution in [2.75, 3.05) is 17.2 Å². The highest BCUT2D eigenvalue weighted by Gasteiger charge is 2.06. The molecule has 1 aromatic heterocycles. The molecule has 0 aliphatic carbocycles. The second-order valence-electron chi connectivity index (χ2n) is 3.71. The number of carbonyl (C=O) groups is 2. The quantitative estimate of drug-likeness (QED) is 0.663. The predicted molar refractivity (Wildman–Crippen MR) is 70.7 cm³/mol. The number of nitrogens with one attached hydrogen (secondary N) is 4. The molecule has 19 heavy (non-hydrogen) atoms. The fourth-order valence-electron chi connectivity index (χ4n) is 1.38. The molecule has 0 atom stereocenters. The van der Waals surface area contributed by atoms with Crippen molar-refractivity contribution < 1.29 is 9.59 Å². The number of benzene rings is 1. The zero-order chi connectivity index (χ0) is 13.5. The van der Waals surface area contributed by atoms with Gasteiger partial charge in [0.2, 0.25) is 5.91 Å². The summed E-state index contributed by atoms with van der Waals surface area (Å²) >= 11 is 0. The summed E-state index contributed by atoms with van der Waals surface area (Å²) in [6.45, 7) is -0.121. The van der Waals surface area contributed by atoms with Crippen molar-refractivity contribution in [3.63, 3.8) is 0 Å². The maximum absolute atomic E-state index is 11.5. The van der Waals surface area contributed by atoms with E-state index in [-0.39, 0.29) is 12.5 Å². The molecule has 2 rings (SSSR count). The summed E-state index contributed by atoms with van der Waals surface area (Å²) in [5.74, 6) is -0.329. The summed E-state index contributed by atoms with van der Waals surface area (Å²) < 4.78 is 0. The van der Waals surface area contributed by atoms with Gasteiger partial charge in [-0.15, -0.1) is 0 Å². The number of hydrogen-bond donors (Lipinski definition) is 4. The lowest BCUT2D eigenvalue weighted by Gasteiger charge is -2.07. The lowest BCUT2D eigenvalue weighted by atomic mass is 10.3. The molecular weight excluding hydrogens is 246 g/mol. The smallest absolute Gasteiger partial charge is 0.319 e. The lowest BCUT2D eigenvalue weighted by Crippen LogP contribution is -2.35. The molecule has 0 bridgehead atoms. The highest BCUT2D eigenvalue weighted by atomic mass is 16.2. The fourth-order valence-corrected chi connectivity index (χ4v) is 1.38. The summed E-state index contributed by atoms with van der Waals surface area (Å²) in [5, 5.41) is 13.9. The molecule has 1 aromatic carbocycles. The van der Waals surface area contributed by atoms with Gasteiger partial charge in [0.25, 0.3) is 0 Å². The van der Waals surface area contributed by atoms with Crippen LogP contribution in [-0.4, -0.2) is 28.7 Å². The first-order valence-corrected chi connectivity index (χ1v) is 5.62. The maximum atomic E-state index is 11.5. The molecule has 0 unspecified atom stereocenters. The van der Waals surface area contributed by atoms with E-state index < -0.39 is 6.03 Å². The zero-order valence-electron chi connectivity index (χ0n) is 10.0. The Balaban J connectivity index is 1.73. The number of para-hydroxylation sites is 1. The molecular formula is C12H13N5O2. The van der Waals surface area contributed by atoms with E-state index >= 15 is 0 Å². The first-order chi connectivity index (χ1) is 9.24. The molecule has 7 heteroatoms. The highest BCUT2D eigenvalue weighted by molar-refractivity contribution is 5.96. The number of aromatic nitrogens is 2. The monoisotopic (exact) mass is 259 g/mol. The summed E-state index contributed by atoms with van der Waals surface area (Å²) in [4.78, 5) is 23.0. The Labute approximate surface area is 109 Å². The normalized spacial score (nSPS) is 9.68. The minimum Gasteiger partial charge on any atom is -0.329 e. The minimum absolute atomic E-state index is 0.121. The third kappa shape index (κ3) is 4.15. The van der Waals surface area contributed by atoms with E-state index in [1.807, 2.05) is 6.07 Å². The van der Waals surface area contributed by atoms with E-state index in [1.54, 1.807) is 30.5 Å². The molecule has 0 fully saturated rings. The first-order valence-electron chi connectivity index (χ1n) is 5.62. The van der Waals surface area contributed by atoms with Gasteiger partial charge < -0.3 is 16.0 Å². The number of urea groups is 1. The van der Waals surface area contributed by atoms with Crippen molar-refractivity contribution in [2.24, 2.45) is 0 Å². The summed E-state index contributed by atoms with van der Waals surface area (Å²) in [7, 11) is 0. The van der Waals surface area contributed by atoms with Crippen LogP contribution in [0.1, 0.15) is 0 Å². The van der Waals surface area contributed by atoms with Crippen molar-refractivity contribution >= 4 is 23.3 Å². The van der Waals surface area contributed by atoms with Gasteiger partial charge in [-0.1, -0.05) is 18.2 Å². The lowest BCUT2D eigenvalue weighted by molar-refractivity contribution is -0.115. The van der Waals surface area contributed by atoms with Gasteiger partial charge in [0.1, 0.15) is 0 Å². The average Bonchev–Trinajstić information content (AvgIpc) is 2.90. The van der Waals surface area contributed by atoms with Gasteiger partial charge in [-0.05, 0) is 12.1 Å². The minimum atomic E-state index is -0.437. The molecule has 7 nitrogen and oxygen atoms in total. The largest absolute Gasteiger partial charge is 0.329 e.